The predicted molar refractivity (Wildman–Crippen MR) is 85.2 cm³/mol. The molecule has 1 aliphatic rings. The topological polar surface area (TPSA) is 45.0 Å². The van der Waals surface area contributed by atoms with Gasteiger partial charge in [-0.25, -0.2) is 0 Å². The normalized spacial score (nSPS) is 18.3. The quantitative estimate of drug-likeness (QED) is 0.875. The van der Waals surface area contributed by atoms with Gasteiger partial charge in [0.25, 0.3) is 0 Å². The van der Waals surface area contributed by atoms with Gasteiger partial charge in [-0.15, -0.1) is 0 Å². The molecule has 1 aromatic rings. The molecule has 0 amide bonds. The molecule has 3 nitrogen and oxygen atoms in total. The van der Waals surface area contributed by atoms with Crippen LogP contribution in [0.15, 0.2) is 24.3 Å². The number of nitrogens with zero attached hydrogens (tertiary/aromatic N) is 1. The fourth-order valence-corrected chi connectivity index (χ4v) is 3.04. The fourth-order valence-electron chi connectivity index (χ4n) is 3.04. The minimum Gasteiger partial charge on any atom is -0.479 e. The maximum absolute atomic E-state index is 8.51. The number of nitriles is 1. The molecule has 21 heavy (non-hydrogen) atoms. The summed E-state index contributed by atoms with van der Waals surface area (Å²) in [4.78, 5) is 0. The van der Waals surface area contributed by atoms with E-state index < -0.39 is 0 Å². The first-order valence-electron chi connectivity index (χ1n) is 8.15. The minimum atomic E-state index is 0.106. The molecule has 0 heterocycles. The van der Waals surface area contributed by atoms with Gasteiger partial charge in [0.15, 0.2) is 6.61 Å². The summed E-state index contributed by atoms with van der Waals surface area (Å²) in [6.45, 7) is 2.33. The molecule has 1 aromatic carbocycles. The zero-order valence-corrected chi connectivity index (χ0v) is 13.0. The van der Waals surface area contributed by atoms with Gasteiger partial charge in [0, 0.05) is 12.1 Å². The van der Waals surface area contributed by atoms with Crippen LogP contribution in [0.2, 0.25) is 0 Å². The fraction of sp³-hybridized carbons (Fsp3) is 0.611. The number of rotatable bonds is 5. The van der Waals surface area contributed by atoms with Crippen LogP contribution in [0, 0.1) is 11.3 Å². The third-order valence-corrected chi connectivity index (χ3v) is 4.27. The highest BCUT2D eigenvalue weighted by Gasteiger charge is 2.14. The van der Waals surface area contributed by atoms with Gasteiger partial charge in [-0.1, -0.05) is 44.2 Å². The molecular weight excluding hydrogens is 260 g/mol. The Bertz CT molecular complexity index is 441. The van der Waals surface area contributed by atoms with Gasteiger partial charge in [0.2, 0.25) is 0 Å². The van der Waals surface area contributed by atoms with E-state index in [-0.39, 0.29) is 6.61 Å². The van der Waals surface area contributed by atoms with Crippen molar-refractivity contribution >= 4 is 0 Å². The first-order chi connectivity index (χ1) is 10.3. The van der Waals surface area contributed by atoms with Crippen molar-refractivity contribution in [1.82, 2.24) is 5.32 Å². The lowest BCUT2D eigenvalue weighted by Crippen LogP contribution is -2.32. The Morgan fingerprint density at radius 2 is 1.76 bits per heavy atom. The number of hydrogen-bond donors (Lipinski definition) is 1. The molecular formula is C18H26N2O. The number of benzene rings is 1. The smallest absolute Gasteiger partial charge is 0.174 e. The Morgan fingerprint density at radius 3 is 2.38 bits per heavy atom. The molecule has 0 bridgehead atoms. The van der Waals surface area contributed by atoms with E-state index in [2.05, 4.69) is 24.4 Å². The van der Waals surface area contributed by atoms with Crippen molar-refractivity contribution in [1.29, 1.82) is 5.26 Å². The summed E-state index contributed by atoms with van der Waals surface area (Å²) >= 11 is 0. The second kappa shape index (κ2) is 8.69. The van der Waals surface area contributed by atoms with E-state index in [0.717, 1.165) is 5.75 Å². The zero-order chi connectivity index (χ0) is 14.9. The van der Waals surface area contributed by atoms with E-state index >= 15 is 0 Å². The second-order valence-electron chi connectivity index (χ2n) is 5.95. The number of ether oxygens (including phenoxy) is 1. The Labute approximate surface area is 128 Å². The van der Waals surface area contributed by atoms with Gasteiger partial charge < -0.3 is 10.1 Å². The highest BCUT2D eigenvalue weighted by molar-refractivity contribution is 5.29. The molecule has 2 rings (SSSR count). The Kier molecular flexibility index (Phi) is 6.56. The van der Waals surface area contributed by atoms with E-state index in [0.29, 0.717) is 12.1 Å². The van der Waals surface area contributed by atoms with E-state index in [9.17, 15) is 0 Å². The van der Waals surface area contributed by atoms with Gasteiger partial charge in [-0.3, -0.25) is 0 Å². The average molecular weight is 286 g/mol. The van der Waals surface area contributed by atoms with Gasteiger partial charge in [-0.2, -0.15) is 5.26 Å². The Hall–Kier alpha value is -1.53. The summed E-state index contributed by atoms with van der Waals surface area (Å²) in [5.41, 5.74) is 1.28. The van der Waals surface area contributed by atoms with Gasteiger partial charge in [0.05, 0.1) is 0 Å². The molecule has 1 unspecified atom stereocenters. The van der Waals surface area contributed by atoms with Crippen LogP contribution < -0.4 is 10.1 Å². The van der Waals surface area contributed by atoms with Crippen LogP contribution in [0.25, 0.3) is 0 Å². The third-order valence-electron chi connectivity index (χ3n) is 4.27. The summed E-state index contributed by atoms with van der Waals surface area (Å²) in [7, 11) is 0. The molecule has 114 valence electrons. The molecule has 0 saturated heterocycles. The summed E-state index contributed by atoms with van der Waals surface area (Å²) in [5, 5.41) is 12.3. The molecule has 1 atom stereocenters. The molecule has 0 radical (unpaired) electrons. The van der Waals surface area contributed by atoms with Crippen molar-refractivity contribution in [3.05, 3.63) is 29.8 Å². The Balaban J connectivity index is 1.86. The van der Waals surface area contributed by atoms with Gasteiger partial charge in [0.1, 0.15) is 11.8 Å². The Morgan fingerprint density at radius 1 is 1.14 bits per heavy atom. The van der Waals surface area contributed by atoms with Crippen molar-refractivity contribution in [2.24, 2.45) is 0 Å². The van der Waals surface area contributed by atoms with Gasteiger partial charge in [-0.05, 0) is 37.5 Å². The second-order valence-corrected chi connectivity index (χ2v) is 5.95. The van der Waals surface area contributed by atoms with E-state index in [1.54, 1.807) is 0 Å². The summed E-state index contributed by atoms with van der Waals surface area (Å²) < 4.78 is 5.29. The lowest BCUT2D eigenvalue weighted by atomic mass is 9.95. The first kappa shape index (κ1) is 15.9. The van der Waals surface area contributed by atoms with Crippen LogP contribution in [0.4, 0.5) is 0 Å². The lowest BCUT2D eigenvalue weighted by Gasteiger charge is -2.25. The molecule has 0 aliphatic heterocycles. The standard InChI is InChI=1S/C18H26N2O/c1-15(20-17-7-5-3-2-4-6-8-17)16-9-11-18(12-10-16)21-14-13-19/h9-12,15,17,20H,2-8,14H2,1H3. The monoisotopic (exact) mass is 286 g/mol. The predicted octanol–water partition coefficient (Wildman–Crippen LogP) is 4.35. The molecule has 1 saturated carbocycles. The van der Waals surface area contributed by atoms with Crippen molar-refractivity contribution < 1.29 is 4.74 Å². The average Bonchev–Trinajstić information content (AvgIpc) is 2.48. The maximum atomic E-state index is 8.51. The van der Waals surface area contributed by atoms with Crippen LogP contribution in [-0.2, 0) is 0 Å². The number of nitrogens with one attached hydrogen (secondary N) is 1. The van der Waals surface area contributed by atoms with Crippen LogP contribution in [0.1, 0.15) is 63.5 Å². The molecule has 1 fully saturated rings. The lowest BCUT2D eigenvalue weighted by molar-refractivity contribution is 0.360. The summed E-state index contributed by atoms with van der Waals surface area (Å²) in [6, 6.07) is 11.1. The summed E-state index contributed by atoms with van der Waals surface area (Å²) in [5.74, 6) is 0.762. The maximum Gasteiger partial charge on any atom is 0.174 e. The van der Waals surface area contributed by atoms with Crippen molar-refractivity contribution in [2.75, 3.05) is 6.61 Å². The van der Waals surface area contributed by atoms with Crippen molar-refractivity contribution in [3.8, 4) is 11.8 Å². The largest absolute Gasteiger partial charge is 0.479 e. The number of hydrogen-bond acceptors (Lipinski definition) is 3. The van der Waals surface area contributed by atoms with Crippen LogP contribution in [0.3, 0.4) is 0 Å². The molecule has 1 aliphatic carbocycles. The highest BCUT2D eigenvalue weighted by atomic mass is 16.5. The van der Waals surface area contributed by atoms with Crippen LogP contribution in [0.5, 0.6) is 5.75 Å². The highest BCUT2D eigenvalue weighted by Crippen LogP contribution is 2.22. The van der Waals surface area contributed by atoms with Crippen molar-refractivity contribution in [3.63, 3.8) is 0 Å². The molecule has 1 N–H and O–H groups in total. The zero-order valence-electron chi connectivity index (χ0n) is 13.0. The SMILES string of the molecule is CC(NC1CCCCCCC1)c1ccc(OCC#N)cc1. The molecule has 0 spiro atoms. The molecule has 3 heteroatoms. The van der Waals surface area contributed by atoms with E-state index in [1.807, 2.05) is 18.2 Å². The first-order valence-corrected chi connectivity index (χ1v) is 8.15. The van der Waals surface area contributed by atoms with E-state index in [4.69, 9.17) is 10.00 Å². The molecule has 0 aromatic heterocycles. The van der Waals surface area contributed by atoms with E-state index in [1.165, 1.54) is 50.5 Å². The summed E-state index contributed by atoms with van der Waals surface area (Å²) in [6.07, 6.45) is 9.49. The van der Waals surface area contributed by atoms with Crippen molar-refractivity contribution in [2.45, 2.75) is 64.0 Å². The minimum absolute atomic E-state index is 0.106. The van der Waals surface area contributed by atoms with Gasteiger partial charge >= 0.3 is 0 Å². The van der Waals surface area contributed by atoms with Crippen LogP contribution >= 0.6 is 0 Å². The third kappa shape index (κ3) is 5.40. The van der Waals surface area contributed by atoms with Crippen LogP contribution in [-0.4, -0.2) is 12.6 Å².